The molecule has 7 nitrogen and oxygen atoms in total. The van der Waals surface area contributed by atoms with E-state index in [0.29, 0.717) is 6.42 Å². The van der Waals surface area contributed by atoms with Crippen molar-refractivity contribution in [2.24, 2.45) is 0 Å². The average molecular weight is 441 g/mol. The van der Waals surface area contributed by atoms with E-state index in [2.05, 4.69) is 45.9 Å². The SMILES string of the molecule is C=C(C)C(=O)O.CCC([SiH](O[Si](C)(C)C)O[Si](C)(C)C)C(C)(O)C(O)CO. The number of hydrogen-bond acceptors (Lipinski definition) is 6. The molecule has 0 amide bonds. The van der Waals surface area contributed by atoms with E-state index in [1.807, 2.05) is 6.92 Å². The van der Waals surface area contributed by atoms with Crippen LogP contribution in [0.3, 0.4) is 0 Å². The molecule has 0 saturated heterocycles. The van der Waals surface area contributed by atoms with E-state index < -0.39 is 50.2 Å². The Bertz CT molecular complexity index is 442. The molecular weight excluding hydrogens is 400 g/mol. The predicted molar refractivity (Wildman–Crippen MR) is 116 cm³/mol. The van der Waals surface area contributed by atoms with Gasteiger partial charge in [-0.2, -0.15) is 0 Å². The van der Waals surface area contributed by atoms with Gasteiger partial charge in [-0.25, -0.2) is 4.79 Å². The lowest BCUT2D eigenvalue weighted by Gasteiger charge is -2.42. The summed E-state index contributed by atoms with van der Waals surface area (Å²) in [7, 11) is -5.83. The molecule has 162 valence electrons. The molecule has 0 aromatic carbocycles. The maximum atomic E-state index is 10.7. The second-order valence-corrected chi connectivity index (χ2v) is 20.7. The number of rotatable bonds is 10. The third-order valence-corrected chi connectivity index (χ3v) is 13.0. The molecule has 3 unspecified atom stereocenters. The summed E-state index contributed by atoms with van der Waals surface area (Å²) in [5.74, 6) is -0.935. The van der Waals surface area contributed by atoms with Crippen LogP contribution in [0.4, 0.5) is 0 Å². The van der Waals surface area contributed by atoms with Gasteiger partial charge < -0.3 is 28.7 Å². The van der Waals surface area contributed by atoms with Gasteiger partial charge in [0.2, 0.25) is 0 Å². The fourth-order valence-corrected chi connectivity index (χ4v) is 10.9. The molecular formula is C17H40O7Si3. The normalized spacial score (nSPS) is 16.8. The topological polar surface area (TPSA) is 116 Å². The highest BCUT2D eigenvalue weighted by atomic mass is 28.4. The predicted octanol–water partition coefficient (Wildman–Crippen LogP) is 2.44. The van der Waals surface area contributed by atoms with E-state index in [4.69, 9.17) is 13.3 Å². The maximum absolute atomic E-state index is 10.7. The zero-order valence-corrected chi connectivity index (χ0v) is 21.5. The standard InChI is InChI=1S/C13H34O5Si3.C4H6O2/c1-9-12(13(2,16)11(15)10-14)19(17-20(3,4)5)18-21(6,7)8;1-3(2)4(5)6/h11-12,14-16,19H,9-10H2,1-8H3;1H2,2H3,(H,5,6). The van der Waals surface area contributed by atoms with Gasteiger partial charge in [0.05, 0.1) is 12.2 Å². The lowest BCUT2D eigenvalue weighted by molar-refractivity contribution is -0.132. The van der Waals surface area contributed by atoms with Crippen molar-refractivity contribution in [3.05, 3.63) is 12.2 Å². The van der Waals surface area contributed by atoms with Crippen LogP contribution in [0.25, 0.3) is 0 Å². The number of carboxylic acid groups (broad SMARTS) is 1. The first-order chi connectivity index (χ1) is 11.9. The van der Waals surface area contributed by atoms with Crippen LogP contribution >= 0.6 is 0 Å². The number of aliphatic hydroxyl groups excluding tert-OH is 2. The molecule has 0 rings (SSSR count). The fraction of sp³-hybridized carbons (Fsp3) is 0.824. The monoisotopic (exact) mass is 440 g/mol. The Morgan fingerprint density at radius 2 is 1.48 bits per heavy atom. The molecule has 10 heteroatoms. The minimum Gasteiger partial charge on any atom is -0.478 e. The van der Waals surface area contributed by atoms with Gasteiger partial charge in [-0.15, -0.1) is 0 Å². The molecule has 0 aliphatic heterocycles. The average Bonchev–Trinajstić information content (AvgIpc) is 2.43. The van der Waals surface area contributed by atoms with E-state index in [9.17, 15) is 20.1 Å². The summed E-state index contributed by atoms with van der Waals surface area (Å²) >= 11 is 0. The Labute approximate surface area is 168 Å². The van der Waals surface area contributed by atoms with E-state index in [-0.39, 0.29) is 11.1 Å². The van der Waals surface area contributed by atoms with E-state index in [1.165, 1.54) is 6.92 Å². The zero-order valence-electron chi connectivity index (χ0n) is 18.4. The Balaban J connectivity index is 0. The van der Waals surface area contributed by atoms with Crippen molar-refractivity contribution in [1.82, 2.24) is 0 Å². The molecule has 0 aromatic rings. The van der Waals surface area contributed by atoms with Gasteiger partial charge in [-0.05, 0) is 59.6 Å². The van der Waals surface area contributed by atoms with Crippen molar-refractivity contribution in [1.29, 1.82) is 0 Å². The molecule has 0 bridgehead atoms. The summed E-state index contributed by atoms with van der Waals surface area (Å²) in [6.45, 7) is 20.3. The molecule has 0 heterocycles. The Kier molecular flexibility index (Phi) is 12.4. The van der Waals surface area contributed by atoms with Gasteiger partial charge in [0.25, 0.3) is 0 Å². The van der Waals surface area contributed by atoms with Crippen molar-refractivity contribution in [3.63, 3.8) is 0 Å². The number of hydrogen-bond donors (Lipinski definition) is 4. The lowest BCUT2D eigenvalue weighted by atomic mass is 9.93. The smallest absolute Gasteiger partial charge is 0.330 e. The number of carboxylic acids is 1. The minimum absolute atomic E-state index is 0.176. The molecule has 0 aliphatic carbocycles. The first-order valence-electron chi connectivity index (χ1n) is 9.14. The summed E-state index contributed by atoms with van der Waals surface area (Å²) in [4.78, 5) is 9.60. The summed E-state index contributed by atoms with van der Waals surface area (Å²) in [6, 6.07) is 0. The second kappa shape index (κ2) is 11.6. The van der Waals surface area contributed by atoms with Crippen molar-refractivity contribution >= 4 is 31.9 Å². The minimum atomic E-state index is -2.19. The van der Waals surface area contributed by atoms with Crippen LogP contribution in [-0.4, -0.2) is 70.6 Å². The van der Waals surface area contributed by atoms with Crippen molar-refractivity contribution < 1.29 is 33.5 Å². The maximum Gasteiger partial charge on any atom is 0.330 e. The number of aliphatic hydroxyl groups is 3. The Morgan fingerprint density at radius 3 is 1.67 bits per heavy atom. The van der Waals surface area contributed by atoms with Crippen LogP contribution in [0, 0.1) is 0 Å². The van der Waals surface area contributed by atoms with Crippen molar-refractivity contribution in [2.45, 2.75) is 83.7 Å². The lowest BCUT2D eigenvalue weighted by Crippen LogP contribution is -2.55. The van der Waals surface area contributed by atoms with Gasteiger partial charge >= 0.3 is 15.3 Å². The third-order valence-electron chi connectivity index (χ3n) is 3.67. The molecule has 0 aliphatic rings. The highest BCUT2D eigenvalue weighted by molar-refractivity contribution is 6.81. The molecule has 27 heavy (non-hydrogen) atoms. The van der Waals surface area contributed by atoms with Gasteiger partial charge in [0.1, 0.15) is 6.10 Å². The molecule has 3 atom stereocenters. The molecule has 0 aromatic heterocycles. The van der Waals surface area contributed by atoms with E-state index >= 15 is 0 Å². The molecule has 0 saturated carbocycles. The van der Waals surface area contributed by atoms with Gasteiger partial charge in [0.15, 0.2) is 16.6 Å². The summed E-state index contributed by atoms with van der Waals surface area (Å²) in [6.07, 6.45) is -0.538. The summed E-state index contributed by atoms with van der Waals surface area (Å²) in [5, 5.41) is 37.8. The first kappa shape index (κ1) is 28.9. The largest absolute Gasteiger partial charge is 0.478 e. The van der Waals surface area contributed by atoms with Crippen LogP contribution in [0.2, 0.25) is 44.8 Å². The molecule has 0 fully saturated rings. The molecule has 0 spiro atoms. The van der Waals surface area contributed by atoms with Crippen LogP contribution in [0.1, 0.15) is 27.2 Å². The summed E-state index contributed by atoms with van der Waals surface area (Å²) < 4.78 is 12.6. The quantitative estimate of drug-likeness (QED) is 0.304. The van der Waals surface area contributed by atoms with Gasteiger partial charge in [-0.1, -0.05) is 13.5 Å². The zero-order chi connectivity index (χ0) is 22.2. The first-order valence-corrected chi connectivity index (χ1v) is 17.6. The fourth-order valence-electron chi connectivity index (χ4n) is 2.20. The number of carbonyl (C=O) groups is 1. The van der Waals surface area contributed by atoms with Crippen LogP contribution < -0.4 is 0 Å². The summed E-state index contributed by atoms with van der Waals surface area (Å²) in [5.41, 5.74) is -1.49. The molecule has 4 N–H and O–H groups in total. The van der Waals surface area contributed by atoms with Gasteiger partial charge in [-0.3, -0.25) is 0 Å². The van der Waals surface area contributed by atoms with Crippen molar-refractivity contribution in [3.8, 4) is 0 Å². The Morgan fingerprint density at radius 1 is 1.15 bits per heavy atom. The van der Waals surface area contributed by atoms with Crippen LogP contribution in [0.5, 0.6) is 0 Å². The van der Waals surface area contributed by atoms with Crippen LogP contribution in [-0.2, 0) is 13.0 Å². The number of aliphatic carboxylic acids is 1. The second-order valence-electron chi connectivity index (χ2n) is 8.85. The molecule has 0 radical (unpaired) electrons. The third kappa shape index (κ3) is 12.7. The Hall–Kier alpha value is -0.339. The van der Waals surface area contributed by atoms with E-state index in [1.54, 1.807) is 6.92 Å². The van der Waals surface area contributed by atoms with Crippen molar-refractivity contribution in [2.75, 3.05) is 6.61 Å². The highest BCUT2D eigenvalue weighted by Crippen LogP contribution is 2.35. The van der Waals surface area contributed by atoms with Gasteiger partial charge in [0, 0.05) is 11.1 Å². The van der Waals surface area contributed by atoms with E-state index in [0.717, 1.165) is 0 Å². The van der Waals surface area contributed by atoms with Crippen LogP contribution in [0.15, 0.2) is 12.2 Å². The highest BCUT2D eigenvalue weighted by Gasteiger charge is 2.46.